The maximum absolute atomic E-state index is 13.4. The second kappa shape index (κ2) is 6.18. The molecule has 0 unspecified atom stereocenters. The van der Waals surface area contributed by atoms with Crippen molar-refractivity contribution < 1.29 is 4.39 Å². The normalized spacial score (nSPS) is 15.6. The Hall–Kier alpha value is -0.860. The minimum absolute atomic E-state index is 0.224. The molecular formula is C14H17ClFN. The summed E-state index contributed by atoms with van der Waals surface area (Å²) in [6, 6.07) is 5.59. The summed E-state index contributed by atoms with van der Waals surface area (Å²) in [5.74, 6) is -0.224. The van der Waals surface area contributed by atoms with Gasteiger partial charge in [0.2, 0.25) is 0 Å². The van der Waals surface area contributed by atoms with Crippen molar-refractivity contribution in [3.63, 3.8) is 0 Å². The van der Waals surface area contributed by atoms with E-state index in [0.717, 1.165) is 19.0 Å². The predicted molar refractivity (Wildman–Crippen MR) is 69.9 cm³/mol. The average Bonchev–Trinajstić information content (AvgIpc) is 3.09. The number of rotatable bonds is 6. The summed E-state index contributed by atoms with van der Waals surface area (Å²) in [5, 5.41) is 3.88. The van der Waals surface area contributed by atoms with Crippen LogP contribution in [0.5, 0.6) is 0 Å². The third kappa shape index (κ3) is 4.49. The van der Waals surface area contributed by atoms with Crippen LogP contribution in [0.2, 0.25) is 5.02 Å². The molecule has 0 heterocycles. The summed E-state index contributed by atoms with van der Waals surface area (Å²) < 4.78 is 13.4. The number of hydrogen-bond donors (Lipinski definition) is 1. The van der Waals surface area contributed by atoms with Gasteiger partial charge in [0.15, 0.2) is 0 Å². The van der Waals surface area contributed by atoms with Crippen molar-refractivity contribution in [2.75, 3.05) is 6.54 Å². The van der Waals surface area contributed by atoms with Gasteiger partial charge in [0.05, 0.1) is 0 Å². The zero-order valence-corrected chi connectivity index (χ0v) is 10.5. The van der Waals surface area contributed by atoms with Gasteiger partial charge < -0.3 is 5.32 Å². The molecule has 0 saturated heterocycles. The average molecular weight is 254 g/mol. The Kier molecular flexibility index (Phi) is 4.57. The largest absolute Gasteiger partial charge is 0.314 e. The van der Waals surface area contributed by atoms with Gasteiger partial charge in [-0.25, -0.2) is 4.39 Å². The molecule has 1 saturated carbocycles. The van der Waals surface area contributed by atoms with Crippen LogP contribution in [0, 0.1) is 5.82 Å². The maximum atomic E-state index is 13.4. The van der Waals surface area contributed by atoms with E-state index in [9.17, 15) is 4.39 Å². The lowest BCUT2D eigenvalue weighted by Gasteiger charge is -2.00. The minimum atomic E-state index is -0.224. The van der Waals surface area contributed by atoms with E-state index >= 15 is 0 Å². The molecule has 0 aliphatic heterocycles. The standard InChI is InChI=1S/C14H17ClFN/c15-12-6-5-11(14(16)10-12)4-2-1-3-9-17-13-7-8-13/h1-2,5-6,10,13,17H,3-4,7-9H2/b2-1+. The number of halogens is 2. The SMILES string of the molecule is Fc1cc(Cl)ccc1C/C=C/CCNC1CC1. The summed E-state index contributed by atoms with van der Waals surface area (Å²) in [4.78, 5) is 0. The Morgan fingerprint density at radius 1 is 1.35 bits per heavy atom. The highest BCUT2D eigenvalue weighted by Gasteiger charge is 2.19. The first-order valence-electron chi connectivity index (χ1n) is 6.08. The van der Waals surface area contributed by atoms with Crippen LogP contribution in [0.3, 0.4) is 0 Å². The van der Waals surface area contributed by atoms with Crippen LogP contribution in [-0.2, 0) is 6.42 Å². The van der Waals surface area contributed by atoms with E-state index < -0.39 is 0 Å². The maximum Gasteiger partial charge on any atom is 0.128 e. The zero-order valence-electron chi connectivity index (χ0n) is 9.76. The van der Waals surface area contributed by atoms with Gasteiger partial charge in [-0.05, 0) is 49.9 Å². The van der Waals surface area contributed by atoms with Crippen molar-refractivity contribution in [1.29, 1.82) is 0 Å². The highest BCUT2D eigenvalue weighted by Crippen LogP contribution is 2.18. The van der Waals surface area contributed by atoms with Gasteiger partial charge in [-0.15, -0.1) is 0 Å². The molecule has 0 aromatic heterocycles. The van der Waals surface area contributed by atoms with Crippen molar-refractivity contribution >= 4 is 11.6 Å². The highest BCUT2D eigenvalue weighted by atomic mass is 35.5. The molecule has 2 rings (SSSR count). The summed E-state index contributed by atoms with van der Waals surface area (Å²) in [7, 11) is 0. The van der Waals surface area contributed by atoms with E-state index in [1.165, 1.54) is 18.9 Å². The van der Waals surface area contributed by atoms with Gasteiger partial charge in [0.1, 0.15) is 5.82 Å². The smallest absolute Gasteiger partial charge is 0.128 e. The van der Waals surface area contributed by atoms with Crippen LogP contribution < -0.4 is 5.32 Å². The van der Waals surface area contributed by atoms with E-state index in [1.54, 1.807) is 12.1 Å². The third-order valence-electron chi connectivity index (χ3n) is 2.84. The Morgan fingerprint density at radius 2 is 2.18 bits per heavy atom. The first-order chi connectivity index (χ1) is 8.25. The fourth-order valence-corrected chi connectivity index (χ4v) is 1.83. The molecule has 1 aromatic carbocycles. The molecule has 0 bridgehead atoms. The van der Waals surface area contributed by atoms with E-state index in [-0.39, 0.29) is 5.82 Å². The third-order valence-corrected chi connectivity index (χ3v) is 3.08. The van der Waals surface area contributed by atoms with Crippen LogP contribution in [-0.4, -0.2) is 12.6 Å². The van der Waals surface area contributed by atoms with Gasteiger partial charge in [-0.2, -0.15) is 0 Å². The Bertz CT molecular complexity index is 399. The number of benzene rings is 1. The van der Waals surface area contributed by atoms with Crippen molar-refractivity contribution in [3.05, 3.63) is 46.8 Å². The van der Waals surface area contributed by atoms with Gasteiger partial charge >= 0.3 is 0 Å². The van der Waals surface area contributed by atoms with Crippen LogP contribution in [0.25, 0.3) is 0 Å². The van der Waals surface area contributed by atoms with Gasteiger partial charge in [-0.1, -0.05) is 29.8 Å². The van der Waals surface area contributed by atoms with Crippen LogP contribution in [0.4, 0.5) is 4.39 Å². The van der Waals surface area contributed by atoms with Crippen molar-refractivity contribution in [2.24, 2.45) is 0 Å². The molecule has 1 aliphatic carbocycles. The molecule has 1 nitrogen and oxygen atoms in total. The minimum Gasteiger partial charge on any atom is -0.314 e. The van der Waals surface area contributed by atoms with Crippen LogP contribution >= 0.6 is 11.6 Å². The molecular weight excluding hydrogens is 237 g/mol. The molecule has 0 radical (unpaired) electrons. The molecule has 1 aliphatic rings. The molecule has 3 heteroatoms. The molecule has 92 valence electrons. The topological polar surface area (TPSA) is 12.0 Å². The second-order valence-corrected chi connectivity index (χ2v) is 4.86. The number of allylic oxidation sites excluding steroid dienone is 1. The Labute approximate surface area is 107 Å². The fourth-order valence-electron chi connectivity index (χ4n) is 1.67. The monoisotopic (exact) mass is 253 g/mol. The summed E-state index contributed by atoms with van der Waals surface area (Å²) >= 11 is 5.69. The highest BCUT2D eigenvalue weighted by molar-refractivity contribution is 6.30. The Morgan fingerprint density at radius 3 is 2.88 bits per heavy atom. The molecule has 1 N–H and O–H groups in total. The molecule has 1 fully saturated rings. The number of nitrogens with one attached hydrogen (secondary N) is 1. The van der Waals surface area contributed by atoms with Crippen LogP contribution in [0.15, 0.2) is 30.4 Å². The van der Waals surface area contributed by atoms with E-state index in [0.29, 0.717) is 17.0 Å². The fraction of sp³-hybridized carbons (Fsp3) is 0.429. The van der Waals surface area contributed by atoms with Crippen molar-refractivity contribution in [2.45, 2.75) is 31.7 Å². The van der Waals surface area contributed by atoms with Gasteiger partial charge in [0, 0.05) is 11.1 Å². The Balaban J connectivity index is 1.70. The van der Waals surface area contributed by atoms with Gasteiger partial charge in [-0.3, -0.25) is 0 Å². The number of hydrogen-bond acceptors (Lipinski definition) is 1. The summed E-state index contributed by atoms with van der Waals surface area (Å²) in [6.07, 6.45) is 8.39. The first-order valence-corrected chi connectivity index (χ1v) is 6.46. The van der Waals surface area contributed by atoms with Crippen molar-refractivity contribution in [3.8, 4) is 0 Å². The second-order valence-electron chi connectivity index (χ2n) is 4.43. The molecule has 17 heavy (non-hydrogen) atoms. The van der Waals surface area contributed by atoms with E-state index in [1.807, 2.05) is 6.08 Å². The van der Waals surface area contributed by atoms with E-state index in [4.69, 9.17) is 11.6 Å². The molecule has 1 aromatic rings. The van der Waals surface area contributed by atoms with Crippen LogP contribution in [0.1, 0.15) is 24.8 Å². The first kappa shape index (κ1) is 12.6. The lowest BCUT2D eigenvalue weighted by atomic mass is 10.1. The summed E-state index contributed by atoms with van der Waals surface area (Å²) in [6.45, 7) is 1.02. The van der Waals surface area contributed by atoms with E-state index in [2.05, 4.69) is 11.4 Å². The molecule has 0 amide bonds. The van der Waals surface area contributed by atoms with Gasteiger partial charge in [0.25, 0.3) is 0 Å². The van der Waals surface area contributed by atoms with Crippen molar-refractivity contribution in [1.82, 2.24) is 5.32 Å². The predicted octanol–water partition coefficient (Wildman–Crippen LogP) is 3.72. The zero-order chi connectivity index (χ0) is 12.1. The quantitative estimate of drug-likeness (QED) is 0.602. The molecule has 0 spiro atoms. The lowest BCUT2D eigenvalue weighted by molar-refractivity contribution is 0.615. The lowest BCUT2D eigenvalue weighted by Crippen LogP contribution is -2.16. The molecule has 0 atom stereocenters. The summed E-state index contributed by atoms with van der Waals surface area (Å²) in [5.41, 5.74) is 0.695.